The van der Waals surface area contributed by atoms with Crippen molar-refractivity contribution < 1.29 is 4.42 Å². The van der Waals surface area contributed by atoms with Gasteiger partial charge >= 0.3 is 0 Å². The van der Waals surface area contributed by atoms with E-state index in [4.69, 9.17) is 10.2 Å². The van der Waals surface area contributed by atoms with Crippen LogP contribution in [0, 0.1) is 6.92 Å². The quantitative estimate of drug-likeness (QED) is 0.670. The molecule has 12 heavy (non-hydrogen) atoms. The highest BCUT2D eigenvalue weighted by Crippen LogP contribution is 2.26. The third kappa shape index (κ3) is 0.887. The molecule has 62 valence electrons. The van der Waals surface area contributed by atoms with Crippen molar-refractivity contribution in [3.63, 3.8) is 0 Å². The second-order valence-corrected chi connectivity index (χ2v) is 2.59. The van der Waals surface area contributed by atoms with Crippen LogP contribution in [-0.4, -0.2) is 10.2 Å². The normalized spacial score (nSPS) is 10.4. The van der Waals surface area contributed by atoms with Gasteiger partial charge in [0.25, 0.3) is 0 Å². The predicted molar refractivity (Wildman–Crippen MR) is 45.4 cm³/mol. The van der Waals surface area contributed by atoms with Crippen LogP contribution >= 0.6 is 0 Å². The monoisotopic (exact) mass is 163 g/mol. The van der Waals surface area contributed by atoms with Gasteiger partial charge in [-0.2, -0.15) is 5.10 Å². The first-order valence-corrected chi connectivity index (χ1v) is 3.62. The Morgan fingerprint density at radius 1 is 1.58 bits per heavy atom. The van der Waals surface area contributed by atoms with Gasteiger partial charge in [-0.3, -0.25) is 5.10 Å². The maximum Gasteiger partial charge on any atom is 0.110 e. The molecule has 0 saturated carbocycles. The molecule has 0 aliphatic heterocycles. The zero-order valence-corrected chi connectivity index (χ0v) is 6.66. The van der Waals surface area contributed by atoms with Gasteiger partial charge in [-0.1, -0.05) is 0 Å². The maximum absolute atomic E-state index is 5.67. The third-order valence-electron chi connectivity index (χ3n) is 1.80. The number of aromatic nitrogens is 2. The minimum absolute atomic E-state index is 0.638. The molecule has 0 radical (unpaired) electrons. The van der Waals surface area contributed by atoms with E-state index in [1.807, 2.05) is 13.0 Å². The number of nitrogens with one attached hydrogen (secondary N) is 1. The smallest absolute Gasteiger partial charge is 0.110 e. The molecule has 0 bridgehead atoms. The van der Waals surface area contributed by atoms with E-state index in [-0.39, 0.29) is 0 Å². The Kier molecular flexibility index (Phi) is 1.40. The fourth-order valence-corrected chi connectivity index (χ4v) is 1.16. The van der Waals surface area contributed by atoms with Gasteiger partial charge in [0.05, 0.1) is 23.8 Å². The molecule has 4 heteroatoms. The van der Waals surface area contributed by atoms with Crippen molar-refractivity contribution in [2.24, 2.45) is 0 Å². The molecular weight excluding hydrogens is 154 g/mol. The molecule has 3 N–H and O–H groups in total. The van der Waals surface area contributed by atoms with Gasteiger partial charge < -0.3 is 10.2 Å². The lowest BCUT2D eigenvalue weighted by molar-refractivity contribution is 0.535. The molecule has 0 unspecified atom stereocenters. The van der Waals surface area contributed by atoms with Crippen molar-refractivity contribution in [1.29, 1.82) is 0 Å². The third-order valence-corrected chi connectivity index (χ3v) is 1.80. The fourth-order valence-electron chi connectivity index (χ4n) is 1.16. The summed E-state index contributed by atoms with van der Waals surface area (Å²) in [6.07, 6.45) is 3.22. The van der Waals surface area contributed by atoms with E-state index in [1.54, 1.807) is 12.5 Å². The molecule has 2 aromatic rings. The summed E-state index contributed by atoms with van der Waals surface area (Å²) >= 11 is 0. The van der Waals surface area contributed by atoms with E-state index in [0.717, 1.165) is 17.0 Å². The number of rotatable bonds is 1. The van der Waals surface area contributed by atoms with Crippen molar-refractivity contribution in [1.82, 2.24) is 10.2 Å². The highest BCUT2D eigenvalue weighted by Gasteiger charge is 2.08. The summed E-state index contributed by atoms with van der Waals surface area (Å²) in [5.41, 5.74) is 8.09. The van der Waals surface area contributed by atoms with Crippen LogP contribution in [0.4, 0.5) is 5.69 Å². The zero-order valence-electron chi connectivity index (χ0n) is 6.66. The standard InChI is InChI=1S/C8H9N3O/c1-5-6(2-3-12-5)8-7(9)4-10-11-8/h2-4H,9H2,1H3,(H,10,11). The Bertz CT molecular complexity index is 350. The average molecular weight is 163 g/mol. The fraction of sp³-hybridized carbons (Fsp3) is 0.125. The number of nitrogen functional groups attached to an aromatic ring is 1. The number of hydrogen-bond donors (Lipinski definition) is 2. The molecule has 2 rings (SSSR count). The van der Waals surface area contributed by atoms with Crippen LogP contribution in [0.3, 0.4) is 0 Å². The predicted octanol–water partition coefficient (Wildman–Crippen LogP) is 1.56. The summed E-state index contributed by atoms with van der Waals surface area (Å²) in [4.78, 5) is 0. The van der Waals surface area contributed by atoms with Crippen LogP contribution in [0.25, 0.3) is 11.3 Å². The van der Waals surface area contributed by atoms with Crippen LogP contribution in [0.2, 0.25) is 0 Å². The molecule has 0 aliphatic carbocycles. The van der Waals surface area contributed by atoms with Crippen LogP contribution in [0.1, 0.15) is 5.76 Å². The highest BCUT2D eigenvalue weighted by molar-refractivity contribution is 5.72. The molecule has 0 aromatic carbocycles. The number of hydrogen-bond acceptors (Lipinski definition) is 3. The lowest BCUT2D eigenvalue weighted by atomic mass is 10.2. The second kappa shape index (κ2) is 2.41. The van der Waals surface area contributed by atoms with Crippen molar-refractivity contribution in [2.45, 2.75) is 6.92 Å². The molecule has 0 aliphatic rings. The largest absolute Gasteiger partial charge is 0.469 e. The molecular formula is C8H9N3O. The van der Waals surface area contributed by atoms with Crippen LogP contribution < -0.4 is 5.73 Å². The van der Waals surface area contributed by atoms with Crippen molar-refractivity contribution >= 4 is 5.69 Å². The molecule has 0 atom stereocenters. The van der Waals surface area contributed by atoms with Crippen LogP contribution in [0.5, 0.6) is 0 Å². The van der Waals surface area contributed by atoms with E-state index >= 15 is 0 Å². The van der Waals surface area contributed by atoms with E-state index in [0.29, 0.717) is 5.69 Å². The van der Waals surface area contributed by atoms with Gasteiger partial charge in [-0.15, -0.1) is 0 Å². The van der Waals surface area contributed by atoms with Gasteiger partial charge in [-0.25, -0.2) is 0 Å². The van der Waals surface area contributed by atoms with Gasteiger partial charge in [0.2, 0.25) is 0 Å². The Morgan fingerprint density at radius 2 is 2.42 bits per heavy atom. The summed E-state index contributed by atoms with van der Waals surface area (Å²) in [7, 11) is 0. The number of H-pyrrole nitrogens is 1. The summed E-state index contributed by atoms with van der Waals surface area (Å²) in [6, 6.07) is 1.86. The van der Waals surface area contributed by atoms with Gasteiger partial charge in [-0.05, 0) is 13.0 Å². The zero-order chi connectivity index (χ0) is 8.55. The first-order valence-electron chi connectivity index (χ1n) is 3.62. The van der Waals surface area contributed by atoms with Crippen molar-refractivity contribution in [3.8, 4) is 11.3 Å². The lowest BCUT2D eigenvalue weighted by Crippen LogP contribution is -1.86. The number of aromatic amines is 1. The number of aryl methyl sites for hydroxylation is 1. The summed E-state index contributed by atoms with van der Waals surface area (Å²) in [5.74, 6) is 0.839. The second-order valence-electron chi connectivity index (χ2n) is 2.59. The minimum Gasteiger partial charge on any atom is -0.469 e. The number of anilines is 1. The molecule has 0 spiro atoms. The average Bonchev–Trinajstić information content (AvgIpc) is 2.59. The number of nitrogens with two attached hydrogens (primary N) is 1. The van der Waals surface area contributed by atoms with E-state index in [9.17, 15) is 0 Å². The number of nitrogens with zero attached hydrogens (tertiary/aromatic N) is 1. The van der Waals surface area contributed by atoms with Gasteiger partial charge in [0.1, 0.15) is 5.76 Å². The summed E-state index contributed by atoms with van der Waals surface area (Å²) in [6.45, 7) is 1.88. The first-order chi connectivity index (χ1) is 5.79. The molecule has 2 aromatic heterocycles. The Labute approximate surface area is 69.4 Å². The molecule has 0 amide bonds. The Hall–Kier alpha value is -1.71. The SMILES string of the molecule is Cc1occc1-c1[nH]ncc1N. The van der Waals surface area contributed by atoms with Crippen molar-refractivity contribution in [3.05, 3.63) is 24.3 Å². The summed E-state index contributed by atoms with van der Waals surface area (Å²) < 4.78 is 5.14. The molecule has 0 fully saturated rings. The summed E-state index contributed by atoms with van der Waals surface area (Å²) in [5, 5.41) is 6.64. The molecule has 0 saturated heterocycles. The van der Waals surface area contributed by atoms with Crippen LogP contribution in [-0.2, 0) is 0 Å². The first kappa shape index (κ1) is 6.97. The minimum atomic E-state index is 0.638. The lowest BCUT2D eigenvalue weighted by Gasteiger charge is -1.94. The van der Waals surface area contributed by atoms with Crippen molar-refractivity contribution in [2.75, 3.05) is 5.73 Å². The topological polar surface area (TPSA) is 67.8 Å². The van der Waals surface area contributed by atoms with Gasteiger partial charge in [0, 0.05) is 5.56 Å². The molecule has 4 nitrogen and oxygen atoms in total. The van der Waals surface area contributed by atoms with E-state index < -0.39 is 0 Å². The van der Waals surface area contributed by atoms with Crippen LogP contribution in [0.15, 0.2) is 22.9 Å². The molecule has 2 heterocycles. The van der Waals surface area contributed by atoms with Gasteiger partial charge in [0.15, 0.2) is 0 Å². The van der Waals surface area contributed by atoms with E-state index in [2.05, 4.69) is 10.2 Å². The Morgan fingerprint density at radius 3 is 2.92 bits per heavy atom. The highest BCUT2D eigenvalue weighted by atomic mass is 16.3. The number of furan rings is 1. The Balaban J connectivity index is 2.57. The van der Waals surface area contributed by atoms with E-state index in [1.165, 1.54) is 0 Å². The maximum atomic E-state index is 5.67.